The molecule has 1 aromatic carbocycles. The second-order valence-electron chi connectivity index (χ2n) is 3.05. The van der Waals surface area contributed by atoms with Crippen molar-refractivity contribution >= 4 is 23.6 Å². The van der Waals surface area contributed by atoms with Gasteiger partial charge in [0.1, 0.15) is 5.75 Å². The van der Waals surface area contributed by atoms with Crippen molar-refractivity contribution in [2.75, 3.05) is 5.88 Å². The Labute approximate surface area is 102 Å². The summed E-state index contributed by atoms with van der Waals surface area (Å²) in [6.45, 7) is 0. The minimum atomic E-state index is -0.654. The highest BCUT2D eigenvalue weighted by atomic mass is 35.5. The van der Waals surface area contributed by atoms with Gasteiger partial charge in [-0.3, -0.25) is 14.9 Å². The number of non-ortho nitro benzene ring substituents is 1. The van der Waals surface area contributed by atoms with Gasteiger partial charge in [0.05, 0.1) is 16.1 Å². The molecule has 0 aliphatic carbocycles. The van der Waals surface area contributed by atoms with Crippen molar-refractivity contribution in [2.24, 2.45) is 0 Å². The predicted molar refractivity (Wildman–Crippen MR) is 62.4 cm³/mol. The molecule has 1 aromatic rings. The van der Waals surface area contributed by atoms with Crippen LogP contribution in [0, 0.1) is 22.0 Å². The van der Waals surface area contributed by atoms with Gasteiger partial charge in [-0.15, -0.1) is 11.6 Å². The van der Waals surface area contributed by atoms with E-state index < -0.39 is 4.92 Å². The van der Waals surface area contributed by atoms with Gasteiger partial charge in [0.25, 0.3) is 5.69 Å². The van der Waals surface area contributed by atoms with E-state index in [9.17, 15) is 20.0 Å². The van der Waals surface area contributed by atoms with Gasteiger partial charge < -0.3 is 5.11 Å². The Morgan fingerprint density at radius 2 is 2.24 bits per heavy atom. The SMILES string of the molecule is O=Cc1cc([N+](=O)[O-])cc(C#CCCCl)c1O. The zero-order chi connectivity index (χ0) is 12.8. The summed E-state index contributed by atoms with van der Waals surface area (Å²) in [5, 5.41) is 20.2. The van der Waals surface area contributed by atoms with Crippen LogP contribution in [0.25, 0.3) is 0 Å². The summed E-state index contributed by atoms with van der Waals surface area (Å²) in [5.74, 6) is 5.13. The molecule has 0 saturated heterocycles. The average molecular weight is 254 g/mol. The Balaban J connectivity index is 3.29. The molecule has 0 fully saturated rings. The molecule has 0 aliphatic heterocycles. The Hall–Kier alpha value is -2.06. The molecule has 5 nitrogen and oxygen atoms in total. The van der Waals surface area contributed by atoms with Gasteiger partial charge in [0.2, 0.25) is 0 Å². The van der Waals surface area contributed by atoms with Crippen LogP contribution in [-0.4, -0.2) is 22.2 Å². The number of phenolic OH excluding ortho intramolecular Hbond substituents is 1. The third kappa shape index (κ3) is 3.20. The summed E-state index contributed by atoms with van der Waals surface area (Å²) >= 11 is 5.42. The van der Waals surface area contributed by atoms with Gasteiger partial charge in [-0.25, -0.2) is 0 Å². The molecule has 1 rings (SSSR count). The molecule has 0 saturated carbocycles. The average Bonchev–Trinajstić information content (AvgIpc) is 2.31. The highest BCUT2D eigenvalue weighted by Gasteiger charge is 2.14. The van der Waals surface area contributed by atoms with E-state index in [1.165, 1.54) is 0 Å². The largest absolute Gasteiger partial charge is 0.506 e. The number of nitrogens with zero attached hydrogens (tertiary/aromatic N) is 1. The summed E-state index contributed by atoms with van der Waals surface area (Å²) < 4.78 is 0. The fourth-order valence-corrected chi connectivity index (χ4v) is 1.23. The van der Waals surface area contributed by atoms with Crippen molar-refractivity contribution in [1.82, 2.24) is 0 Å². The molecule has 0 aliphatic rings. The predicted octanol–water partition coefficient (Wildman–Crippen LogP) is 2.09. The van der Waals surface area contributed by atoms with E-state index in [4.69, 9.17) is 11.6 Å². The minimum Gasteiger partial charge on any atom is -0.506 e. The van der Waals surface area contributed by atoms with E-state index in [0.29, 0.717) is 18.6 Å². The maximum atomic E-state index is 10.6. The first kappa shape index (κ1) is 13.0. The molecule has 0 atom stereocenters. The molecule has 0 aromatic heterocycles. The molecule has 0 radical (unpaired) electrons. The quantitative estimate of drug-likeness (QED) is 0.294. The van der Waals surface area contributed by atoms with Gasteiger partial charge >= 0.3 is 0 Å². The Bertz CT molecular complexity index is 516. The number of carbonyl (C=O) groups excluding carboxylic acids is 1. The molecule has 6 heteroatoms. The van der Waals surface area contributed by atoms with E-state index in [0.717, 1.165) is 12.1 Å². The molecule has 0 bridgehead atoms. The normalized spacial score (nSPS) is 9.24. The van der Waals surface area contributed by atoms with E-state index in [-0.39, 0.29) is 22.6 Å². The van der Waals surface area contributed by atoms with Crippen LogP contribution in [0.15, 0.2) is 12.1 Å². The van der Waals surface area contributed by atoms with Crippen LogP contribution in [0.5, 0.6) is 5.75 Å². The van der Waals surface area contributed by atoms with Crippen LogP contribution in [-0.2, 0) is 0 Å². The maximum absolute atomic E-state index is 10.6. The first-order chi connectivity index (χ1) is 8.10. The van der Waals surface area contributed by atoms with Crippen LogP contribution in [0.4, 0.5) is 5.69 Å². The van der Waals surface area contributed by atoms with Crippen molar-refractivity contribution in [3.05, 3.63) is 33.4 Å². The second-order valence-corrected chi connectivity index (χ2v) is 3.42. The standard InChI is InChI=1S/C11H8ClNO4/c12-4-2-1-3-8-5-10(13(16)17)6-9(7-14)11(8)15/h5-7,15H,2,4H2. The van der Waals surface area contributed by atoms with E-state index in [2.05, 4.69) is 11.8 Å². The molecule has 17 heavy (non-hydrogen) atoms. The lowest BCUT2D eigenvalue weighted by Gasteiger charge is -2.00. The lowest BCUT2D eigenvalue weighted by Crippen LogP contribution is -1.93. The number of aromatic hydroxyl groups is 1. The van der Waals surface area contributed by atoms with Crippen molar-refractivity contribution in [2.45, 2.75) is 6.42 Å². The number of nitro groups is 1. The first-order valence-electron chi connectivity index (χ1n) is 4.61. The van der Waals surface area contributed by atoms with E-state index >= 15 is 0 Å². The molecule has 0 unspecified atom stereocenters. The van der Waals surface area contributed by atoms with Gasteiger partial charge in [-0.05, 0) is 0 Å². The Morgan fingerprint density at radius 3 is 2.76 bits per heavy atom. The zero-order valence-electron chi connectivity index (χ0n) is 8.64. The topological polar surface area (TPSA) is 80.4 Å². The fourth-order valence-electron chi connectivity index (χ4n) is 1.14. The first-order valence-corrected chi connectivity index (χ1v) is 5.15. The third-order valence-corrected chi connectivity index (χ3v) is 2.09. The van der Waals surface area contributed by atoms with Crippen LogP contribution in [0.2, 0.25) is 0 Å². The molecule has 0 heterocycles. The van der Waals surface area contributed by atoms with Gasteiger partial charge in [-0.1, -0.05) is 11.8 Å². The van der Waals surface area contributed by atoms with Crippen LogP contribution in [0.1, 0.15) is 22.3 Å². The fraction of sp³-hybridized carbons (Fsp3) is 0.182. The molecular weight excluding hydrogens is 246 g/mol. The van der Waals surface area contributed by atoms with Gasteiger partial charge in [-0.2, -0.15) is 0 Å². The van der Waals surface area contributed by atoms with Crippen molar-refractivity contribution < 1.29 is 14.8 Å². The highest BCUT2D eigenvalue weighted by molar-refractivity contribution is 6.18. The summed E-state index contributed by atoms with van der Waals surface area (Å²) in [4.78, 5) is 20.6. The molecule has 0 amide bonds. The number of carbonyl (C=O) groups is 1. The molecule has 88 valence electrons. The number of halogens is 1. The number of aldehydes is 1. The maximum Gasteiger partial charge on any atom is 0.271 e. The van der Waals surface area contributed by atoms with Crippen molar-refractivity contribution in [1.29, 1.82) is 0 Å². The van der Waals surface area contributed by atoms with Crippen molar-refractivity contribution in [3.63, 3.8) is 0 Å². The summed E-state index contributed by atoms with van der Waals surface area (Å²) in [6, 6.07) is 2.11. The van der Waals surface area contributed by atoms with Crippen LogP contribution in [0.3, 0.4) is 0 Å². The zero-order valence-corrected chi connectivity index (χ0v) is 9.40. The van der Waals surface area contributed by atoms with Crippen LogP contribution >= 0.6 is 11.6 Å². The smallest absolute Gasteiger partial charge is 0.271 e. The number of nitro benzene ring substituents is 1. The molecular formula is C11H8ClNO4. The summed E-state index contributed by atoms with van der Waals surface area (Å²) in [6.07, 6.45) is 0.731. The second kappa shape index (κ2) is 5.87. The van der Waals surface area contributed by atoms with E-state index in [1.807, 2.05) is 0 Å². The number of benzene rings is 1. The Morgan fingerprint density at radius 1 is 1.53 bits per heavy atom. The molecule has 1 N–H and O–H groups in total. The third-order valence-electron chi connectivity index (χ3n) is 1.90. The monoisotopic (exact) mass is 253 g/mol. The minimum absolute atomic E-state index is 0.0476. The van der Waals surface area contributed by atoms with Gasteiger partial charge in [0.15, 0.2) is 6.29 Å². The van der Waals surface area contributed by atoms with E-state index in [1.54, 1.807) is 0 Å². The molecule has 0 spiro atoms. The number of phenols is 1. The van der Waals surface area contributed by atoms with Gasteiger partial charge in [0, 0.05) is 24.4 Å². The summed E-state index contributed by atoms with van der Waals surface area (Å²) in [7, 11) is 0. The number of hydrogen-bond donors (Lipinski definition) is 1. The number of alkyl halides is 1. The lowest BCUT2D eigenvalue weighted by molar-refractivity contribution is -0.384. The number of rotatable bonds is 3. The summed E-state index contributed by atoms with van der Waals surface area (Å²) in [5.41, 5.74) is -0.402. The Kier molecular flexibility index (Phi) is 4.49. The highest BCUT2D eigenvalue weighted by Crippen LogP contribution is 2.26. The van der Waals surface area contributed by atoms with Crippen molar-refractivity contribution in [3.8, 4) is 17.6 Å². The number of hydrogen-bond acceptors (Lipinski definition) is 4. The van der Waals surface area contributed by atoms with Crippen LogP contribution < -0.4 is 0 Å². The lowest BCUT2D eigenvalue weighted by atomic mass is 10.1.